The number of hydrogen-bond acceptors (Lipinski definition) is 1. The molecule has 0 atom stereocenters. The van der Waals surface area contributed by atoms with Gasteiger partial charge in [0.15, 0.2) is 0 Å². The molecule has 0 aromatic rings. The number of hydrogen-bond donors (Lipinski definition) is 1. The van der Waals surface area contributed by atoms with Gasteiger partial charge in [0.05, 0.1) is 0 Å². The van der Waals surface area contributed by atoms with Crippen LogP contribution in [0.25, 0.3) is 0 Å². The maximum Gasteiger partial charge on any atom is 0 e. The van der Waals surface area contributed by atoms with Crippen molar-refractivity contribution < 1.29 is 21.1 Å². The van der Waals surface area contributed by atoms with Gasteiger partial charge in [-0.3, -0.25) is 0 Å². The topological polar surface area (TPSA) is 26.0 Å². The first kappa shape index (κ1) is 9.65. The Morgan fingerprint density at radius 2 is 1.67 bits per heavy atom. The molecule has 0 aliphatic heterocycles. The van der Waals surface area contributed by atoms with E-state index in [-0.39, 0.29) is 21.1 Å². The zero-order valence-electron chi connectivity index (χ0n) is 5.71. The molecule has 0 radical (unpaired) electrons. The Hall–Kier alpha value is 0.648. The fourth-order valence-electron chi connectivity index (χ4n) is 1.42. The summed E-state index contributed by atoms with van der Waals surface area (Å²) >= 11 is 0. The predicted molar refractivity (Wildman–Crippen MR) is 35.6 cm³/mol. The molecule has 2 heteroatoms. The Morgan fingerprint density at radius 1 is 1.11 bits per heavy atom. The van der Waals surface area contributed by atoms with E-state index in [4.69, 9.17) is 5.73 Å². The Kier molecular flexibility index (Phi) is 5.83. The minimum atomic E-state index is 0. The van der Waals surface area contributed by atoms with E-state index in [2.05, 4.69) is 0 Å². The van der Waals surface area contributed by atoms with Gasteiger partial charge in [-0.2, -0.15) is 0 Å². The third-order valence-electron chi connectivity index (χ3n) is 2.06. The van der Waals surface area contributed by atoms with E-state index in [1.54, 1.807) is 0 Å². The van der Waals surface area contributed by atoms with E-state index in [1.807, 2.05) is 0 Å². The van der Waals surface area contributed by atoms with Gasteiger partial charge in [-0.1, -0.05) is 19.3 Å². The minimum Gasteiger partial charge on any atom is -0.330 e. The van der Waals surface area contributed by atoms with Crippen molar-refractivity contribution in [3.63, 3.8) is 0 Å². The molecule has 58 valence electrons. The summed E-state index contributed by atoms with van der Waals surface area (Å²) in [5, 5.41) is 0. The summed E-state index contributed by atoms with van der Waals surface area (Å²) in [5.41, 5.74) is 5.50. The van der Waals surface area contributed by atoms with Crippen molar-refractivity contribution in [3.8, 4) is 0 Å². The van der Waals surface area contributed by atoms with Gasteiger partial charge >= 0.3 is 0 Å². The van der Waals surface area contributed by atoms with Gasteiger partial charge in [0.1, 0.15) is 0 Å². The van der Waals surface area contributed by atoms with E-state index in [0.717, 1.165) is 12.5 Å². The second-order valence-corrected chi connectivity index (χ2v) is 2.74. The van der Waals surface area contributed by atoms with Gasteiger partial charge in [0.2, 0.25) is 0 Å². The van der Waals surface area contributed by atoms with Crippen LogP contribution in [0.2, 0.25) is 0 Å². The minimum absolute atomic E-state index is 0. The van der Waals surface area contributed by atoms with Crippen molar-refractivity contribution in [2.45, 2.75) is 32.1 Å². The molecule has 0 heterocycles. The van der Waals surface area contributed by atoms with Crippen LogP contribution in [-0.2, 0) is 21.1 Å². The molecule has 1 rings (SSSR count). The molecule has 0 saturated heterocycles. The average molecular weight is 308 g/mol. The predicted octanol–water partition coefficient (Wildman–Crippen LogP) is 1.52. The van der Waals surface area contributed by atoms with Crippen LogP contribution in [-0.4, -0.2) is 6.54 Å². The van der Waals surface area contributed by atoms with Crippen LogP contribution in [0.3, 0.4) is 0 Å². The summed E-state index contributed by atoms with van der Waals surface area (Å²) in [4.78, 5) is 0. The van der Waals surface area contributed by atoms with Crippen molar-refractivity contribution in [2.75, 3.05) is 6.54 Å². The van der Waals surface area contributed by atoms with Crippen LogP contribution < -0.4 is 5.73 Å². The molecule has 2 N–H and O–H groups in total. The Labute approximate surface area is 71.7 Å². The van der Waals surface area contributed by atoms with Crippen molar-refractivity contribution in [1.29, 1.82) is 0 Å². The summed E-state index contributed by atoms with van der Waals surface area (Å²) in [5.74, 6) is 0.865. The molecule has 0 amide bonds. The summed E-state index contributed by atoms with van der Waals surface area (Å²) in [6.07, 6.45) is 7.05. The Balaban J connectivity index is 0.000000640. The van der Waals surface area contributed by atoms with Crippen molar-refractivity contribution in [3.05, 3.63) is 0 Å². The molecular weight excluding hydrogens is 293 g/mol. The van der Waals surface area contributed by atoms with Crippen LogP contribution in [0.4, 0.5) is 0 Å². The maximum atomic E-state index is 5.50. The zero-order chi connectivity index (χ0) is 5.82. The molecule has 1 saturated carbocycles. The second kappa shape index (κ2) is 5.43. The molecule has 0 unspecified atom stereocenters. The molecule has 0 spiro atoms. The molecule has 1 aliphatic rings. The molecule has 0 aromatic carbocycles. The zero-order valence-corrected chi connectivity index (χ0v) is 7.99. The summed E-state index contributed by atoms with van der Waals surface area (Å²) < 4.78 is 0. The molecule has 0 aromatic heterocycles. The van der Waals surface area contributed by atoms with Crippen LogP contribution in [0.1, 0.15) is 32.1 Å². The van der Waals surface area contributed by atoms with Gasteiger partial charge < -0.3 is 5.73 Å². The average Bonchev–Trinajstić information content (AvgIpc) is 1.90. The summed E-state index contributed by atoms with van der Waals surface area (Å²) in [6.45, 7) is 0.917. The first-order valence-corrected chi connectivity index (χ1v) is 3.63. The molecule has 1 aliphatic carbocycles. The summed E-state index contributed by atoms with van der Waals surface area (Å²) in [6, 6.07) is 0. The quantitative estimate of drug-likeness (QED) is 0.781. The van der Waals surface area contributed by atoms with Crippen molar-refractivity contribution >= 4 is 0 Å². The number of rotatable bonds is 1. The van der Waals surface area contributed by atoms with Gasteiger partial charge in [-0.15, -0.1) is 0 Å². The molecule has 0 bridgehead atoms. The molecule has 1 fully saturated rings. The van der Waals surface area contributed by atoms with E-state index in [1.165, 1.54) is 32.1 Å². The van der Waals surface area contributed by atoms with Crippen molar-refractivity contribution in [2.24, 2.45) is 11.7 Å². The van der Waals surface area contributed by atoms with Crippen LogP contribution in [0.15, 0.2) is 0 Å². The fraction of sp³-hybridized carbons (Fsp3) is 1.00. The normalized spacial score (nSPS) is 21.0. The standard InChI is InChI=1S/C7H15N.Pt/c8-6-7-4-2-1-3-5-7;/h7H,1-6,8H2;. The smallest absolute Gasteiger partial charge is 0 e. The first-order chi connectivity index (χ1) is 3.93. The fourth-order valence-corrected chi connectivity index (χ4v) is 1.42. The molecule has 9 heavy (non-hydrogen) atoms. The van der Waals surface area contributed by atoms with E-state index in [9.17, 15) is 0 Å². The van der Waals surface area contributed by atoms with Crippen LogP contribution >= 0.6 is 0 Å². The maximum absolute atomic E-state index is 5.50. The van der Waals surface area contributed by atoms with Crippen LogP contribution in [0, 0.1) is 5.92 Å². The van der Waals surface area contributed by atoms with Crippen molar-refractivity contribution in [1.82, 2.24) is 0 Å². The van der Waals surface area contributed by atoms with Gasteiger partial charge in [0.25, 0.3) is 0 Å². The van der Waals surface area contributed by atoms with Gasteiger partial charge in [-0.25, -0.2) is 0 Å². The third-order valence-corrected chi connectivity index (χ3v) is 2.06. The Morgan fingerprint density at radius 3 is 2.00 bits per heavy atom. The van der Waals surface area contributed by atoms with Crippen LogP contribution in [0.5, 0.6) is 0 Å². The SMILES string of the molecule is NCC1CCCCC1.[Pt]. The first-order valence-electron chi connectivity index (χ1n) is 3.63. The third kappa shape index (κ3) is 3.37. The Bertz CT molecular complexity index is 59.9. The van der Waals surface area contributed by atoms with E-state index < -0.39 is 0 Å². The van der Waals surface area contributed by atoms with Gasteiger partial charge in [0, 0.05) is 21.1 Å². The number of nitrogens with two attached hydrogens (primary N) is 1. The van der Waals surface area contributed by atoms with Gasteiger partial charge in [-0.05, 0) is 25.3 Å². The monoisotopic (exact) mass is 308 g/mol. The molecule has 1 nitrogen and oxygen atoms in total. The van der Waals surface area contributed by atoms with E-state index >= 15 is 0 Å². The largest absolute Gasteiger partial charge is 0.330 e. The molecular formula is C7H15NPt. The van der Waals surface area contributed by atoms with E-state index in [0.29, 0.717) is 0 Å². The summed E-state index contributed by atoms with van der Waals surface area (Å²) in [7, 11) is 0. The second-order valence-electron chi connectivity index (χ2n) is 2.74.